The van der Waals surface area contributed by atoms with Crippen molar-refractivity contribution in [2.24, 2.45) is 0 Å². The van der Waals surface area contributed by atoms with Crippen LogP contribution >= 0.6 is 7.60 Å². The molecule has 17 heavy (non-hydrogen) atoms. The molecule has 94 valence electrons. The van der Waals surface area contributed by atoms with Crippen molar-refractivity contribution >= 4 is 13.3 Å². The maximum Gasteiger partial charge on any atom is 0.362 e. The van der Waals surface area contributed by atoms with E-state index in [-0.39, 0.29) is 11.3 Å². The van der Waals surface area contributed by atoms with Crippen molar-refractivity contribution in [2.75, 3.05) is 14.2 Å². The molecule has 8 heteroatoms. The third kappa shape index (κ3) is 2.89. The fourth-order valence-corrected chi connectivity index (χ4v) is 2.31. The lowest BCUT2D eigenvalue weighted by Gasteiger charge is -2.19. The van der Waals surface area contributed by atoms with Gasteiger partial charge in [0.05, 0.1) is 4.92 Å². The van der Waals surface area contributed by atoms with Gasteiger partial charge in [-0.15, -0.1) is 0 Å². The minimum absolute atomic E-state index is 0.120. The zero-order valence-electron chi connectivity index (χ0n) is 9.27. The molecule has 0 amide bonds. The van der Waals surface area contributed by atoms with Crippen molar-refractivity contribution in [3.05, 3.63) is 39.9 Å². The number of rotatable bonds is 5. The van der Waals surface area contributed by atoms with Gasteiger partial charge >= 0.3 is 7.60 Å². The quantitative estimate of drug-likeness (QED) is 0.494. The number of benzene rings is 1. The highest BCUT2D eigenvalue weighted by Gasteiger charge is 2.33. The van der Waals surface area contributed by atoms with E-state index in [0.29, 0.717) is 0 Å². The summed E-state index contributed by atoms with van der Waals surface area (Å²) in [6.07, 6.45) is 0. The van der Waals surface area contributed by atoms with Gasteiger partial charge < -0.3 is 14.2 Å². The monoisotopic (exact) mass is 261 g/mol. The van der Waals surface area contributed by atoms with E-state index in [1.165, 1.54) is 24.3 Å². The van der Waals surface area contributed by atoms with Gasteiger partial charge in [-0.3, -0.25) is 14.7 Å². The van der Waals surface area contributed by atoms with Crippen molar-refractivity contribution in [1.29, 1.82) is 0 Å². The second kappa shape index (κ2) is 5.37. The molecule has 0 unspecified atom stereocenters. The average Bonchev–Trinajstić information content (AvgIpc) is 2.37. The number of hydrogen-bond donors (Lipinski definition) is 1. The highest BCUT2D eigenvalue weighted by Crippen LogP contribution is 2.58. The van der Waals surface area contributed by atoms with Gasteiger partial charge in [-0.05, 0) is 17.7 Å². The van der Waals surface area contributed by atoms with Gasteiger partial charge in [-0.25, -0.2) is 0 Å². The molecule has 1 aromatic carbocycles. The molecule has 7 nitrogen and oxygen atoms in total. The topological polar surface area (TPSA) is 98.9 Å². The summed E-state index contributed by atoms with van der Waals surface area (Å²) in [6.45, 7) is 0. The van der Waals surface area contributed by atoms with Crippen LogP contribution in [0.25, 0.3) is 0 Å². The first kappa shape index (κ1) is 13.8. The van der Waals surface area contributed by atoms with Crippen LogP contribution in [0, 0.1) is 10.1 Å². The Bertz CT molecular complexity index is 437. The Labute approximate surface area is 97.7 Å². The number of aliphatic hydroxyl groups excluding tert-OH is 1. The van der Waals surface area contributed by atoms with E-state index in [4.69, 9.17) is 0 Å². The average molecular weight is 261 g/mol. The Hall–Kier alpha value is -1.27. The van der Waals surface area contributed by atoms with Crippen LogP contribution in [-0.2, 0) is 13.6 Å². The van der Waals surface area contributed by atoms with Gasteiger partial charge in [0.2, 0.25) is 0 Å². The molecule has 0 aliphatic carbocycles. The van der Waals surface area contributed by atoms with Gasteiger partial charge in [-0.1, -0.05) is 0 Å². The van der Waals surface area contributed by atoms with E-state index in [0.717, 1.165) is 14.2 Å². The molecule has 1 aromatic rings. The number of nitro groups is 1. The summed E-state index contributed by atoms with van der Waals surface area (Å²) in [7, 11) is -1.34. The van der Waals surface area contributed by atoms with Crippen molar-refractivity contribution in [1.82, 2.24) is 0 Å². The standard InChI is InChI=1S/C9H12NO6P/c1-15-17(14,16-2)9(11)7-3-5-8(6-4-7)10(12)13/h3-6,9,11H,1-2H3/t9-/m1/s1. The highest BCUT2D eigenvalue weighted by atomic mass is 31.2. The maximum absolute atomic E-state index is 11.8. The van der Waals surface area contributed by atoms with E-state index in [2.05, 4.69) is 9.05 Å². The summed E-state index contributed by atoms with van der Waals surface area (Å²) < 4.78 is 21.1. The molecule has 0 saturated heterocycles. The maximum atomic E-state index is 11.8. The van der Waals surface area contributed by atoms with Crippen LogP contribution in [0.15, 0.2) is 24.3 Å². The first-order chi connectivity index (χ1) is 7.94. The summed E-state index contributed by atoms with van der Waals surface area (Å²) >= 11 is 0. The Morgan fingerprint density at radius 2 is 1.76 bits per heavy atom. The second-order valence-corrected chi connectivity index (χ2v) is 5.43. The number of non-ortho nitro benzene ring substituents is 1. The number of nitro benzene ring substituents is 1. The van der Waals surface area contributed by atoms with Crippen LogP contribution in [-0.4, -0.2) is 24.2 Å². The third-order valence-corrected chi connectivity index (χ3v) is 4.13. The molecule has 0 spiro atoms. The summed E-state index contributed by atoms with van der Waals surface area (Å²) in [5.74, 6) is -1.47. The van der Waals surface area contributed by atoms with Crippen molar-refractivity contribution in [2.45, 2.75) is 5.85 Å². The van der Waals surface area contributed by atoms with E-state index in [1.54, 1.807) is 0 Å². The van der Waals surface area contributed by atoms with E-state index in [9.17, 15) is 19.8 Å². The molecule has 0 heterocycles. The van der Waals surface area contributed by atoms with Crippen molar-refractivity contribution < 1.29 is 23.6 Å². The normalized spacial score (nSPS) is 13.4. The van der Waals surface area contributed by atoms with Crippen LogP contribution in [0.4, 0.5) is 5.69 Å². The first-order valence-electron chi connectivity index (χ1n) is 4.58. The van der Waals surface area contributed by atoms with Crippen molar-refractivity contribution in [3.8, 4) is 0 Å². The van der Waals surface area contributed by atoms with E-state index in [1.807, 2.05) is 0 Å². The molecule has 0 saturated carbocycles. The number of hydrogen-bond acceptors (Lipinski definition) is 6. The number of aliphatic hydroxyl groups is 1. The molecule has 0 bridgehead atoms. The predicted molar refractivity (Wildman–Crippen MR) is 59.7 cm³/mol. The molecular weight excluding hydrogens is 249 g/mol. The Morgan fingerprint density at radius 1 is 1.29 bits per heavy atom. The Kier molecular flexibility index (Phi) is 4.36. The molecule has 1 rings (SSSR count). The molecule has 1 N–H and O–H groups in total. The molecule has 0 radical (unpaired) electrons. The fourth-order valence-electron chi connectivity index (χ4n) is 1.22. The van der Waals surface area contributed by atoms with E-state index >= 15 is 0 Å². The van der Waals surface area contributed by atoms with Crippen LogP contribution in [0.2, 0.25) is 0 Å². The van der Waals surface area contributed by atoms with Gasteiger partial charge in [0, 0.05) is 26.4 Å². The van der Waals surface area contributed by atoms with Crippen LogP contribution in [0.1, 0.15) is 11.4 Å². The molecule has 0 aromatic heterocycles. The second-order valence-electron chi connectivity index (χ2n) is 3.13. The first-order valence-corrected chi connectivity index (χ1v) is 6.19. The molecule has 0 fully saturated rings. The van der Waals surface area contributed by atoms with Crippen LogP contribution in [0.5, 0.6) is 0 Å². The molecular formula is C9H12NO6P. The third-order valence-electron chi connectivity index (χ3n) is 2.21. The highest BCUT2D eigenvalue weighted by molar-refractivity contribution is 7.53. The lowest BCUT2D eigenvalue weighted by Crippen LogP contribution is -2.02. The lowest BCUT2D eigenvalue weighted by atomic mass is 10.2. The smallest absolute Gasteiger partial charge is 0.362 e. The minimum Gasteiger partial charge on any atom is -0.376 e. The van der Waals surface area contributed by atoms with Gasteiger partial charge in [0.25, 0.3) is 5.69 Å². The summed E-state index contributed by atoms with van der Waals surface area (Å²) in [4.78, 5) is 9.86. The summed E-state index contributed by atoms with van der Waals surface area (Å²) in [6, 6.07) is 5.00. The van der Waals surface area contributed by atoms with Crippen LogP contribution in [0.3, 0.4) is 0 Å². The predicted octanol–water partition coefficient (Wildman–Crippen LogP) is 2.07. The minimum atomic E-state index is -3.65. The van der Waals surface area contributed by atoms with Gasteiger partial charge in [0.1, 0.15) is 0 Å². The van der Waals surface area contributed by atoms with E-state index < -0.39 is 18.4 Å². The van der Waals surface area contributed by atoms with Gasteiger partial charge in [0.15, 0.2) is 5.85 Å². The molecule has 0 aliphatic heterocycles. The largest absolute Gasteiger partial charge is 0.376 e. The fraction of sp³-hybridized carbons (Fsp3) is 0.333. The van der Waals surface area contributed by atoms with Crippen molar-refractivity contribution in [3.63, 3.8) is 0 Å². The molecule has 0 aliphatic rings. The SMILES string of the molecule is COP(=O)(OC)[C@@H](O)c1ccc([N+](=O)[O-])cc1. The Balaban J connectivity index is 3.01. The summed E-state index contributed by atoms with van der Waals surface area (Å²) in [5.41, 5.74) is 0.105. The molecule has 1 atom stereocenters. The van der Waals surface area contributed by atoms with Gasteiger partial charge in [-0.2, -0.15) is 0 Å². The number of nitrogens with zero attached hydrogens (tertiary/aromatic N) is 1. The zero-order chi connectivity index (χ0) is 13.1. The van der Waals surface area contributed by atoms with Crippen LogP contribution < -0.4 is 0 Å². The zero-order valence-corrected chi connectivity index (χ0v) is 10.2. The lowest BCUT2D eigenvalue weighted by molar-refractivity contribution is -0.384. The Morgan fingerprint density at radius 3 is 2.12 bits per heavy atom. The summed E-state index contributed by atoms with van der Waals surface area (Å²) in [5, 5.41) is 20.2.